The van der Waals surface area contributed by atoms with Crippen molar-refractivity contribution in [3.63, 3.8) is 0 Å². The van der Waals surface area contributed by atoms with Crippen molar-refractivity contribution < 1.29 is 9.90 Å². The Balaban J connectivity index is 2.25. The predicted molar refractivity (Wildman–Crippen MR) is 66.3 cm³/mol. The van der Waals surface area contributed by atoms with Gasteiger partial charge in [0.1, 0.15) is 0 Å². The fourth-order valence-electron chi connectivity index (χ4n) is 1.16. The van der Waals surface area contributed by atoms with E-state index in [0.717, 1.165) is 4.88 Å². The largest absolute Gasteiger partial charge is 0.478 e. The summed E-state index contributed by atoms with van der Waals surface area (Å²) in [5, 5.41) is 12.6. The Bertz CT molecular complexity index is 570. The highest BCUT2D eigenvalue weighted by Crippen LogP contribution is 2.26. The van der Waals surface area contributed by atoms with Gasteiger partial charge in [0.05, 0.1) is 10.6 Å². The van der Waals surface area contributed by atoms with E-state index in [0.29, 0.717) is 10.9 Å². The average Bonchev–Trinajstić information content (AvgIpc) is 2.67. The van der Waals surface area contributed by atoms with Crippen LogP contribution in [0.25, 0.3) is 0 Å². The zero-order chi connectivity index (χ0) is 12.4. The third-order valence-corrected chi connectivity index (χ3v) is 3.05. The lowest BCUT2D eigenvalue weighted by Gasteiger charge is -2.04. The van der Waals surface area contributed by atoms with Crippen LogP contribution in [-0.4, -0.2) is 21.0 Å². The van der Waals surface area contributed by atoms with Gasteiger partial charge in [-0.1, -0.05) is 11.6 Å². The van der Waals surface area contributed by atoms with Crippen LogP contribution in [0.1, 0.15) is 15.2 Å². The van der Waals surface area contributed by atoms with E-state index < -0.39 is 5.97 Å². The van der Waals surface area contributed by atoms with Gasteiger partial charge in [-0.2, -0.15) is 0 Å². The lowest BCUT2D eigenvalue weighted by Crippen LogP contribution is -2.00. The molecule has 0 fully saturated rings. The number of thiazole rings is 1. The number of carbonyl (C=O) groups is 1. The number of hydrogen-bond acceptors (Lipinski definition) is 5. The van der Waals surface area contributed by atoms with Crippen molar-refractivity contribution in [1.29, 1.82) is 0 Å². The maximum absolute atomic E-state index is 10.7. The number of nitrogens with zero attached hydrogens (tertiary/aromatic N) is 2. The molecule has 0 aliphatic rings. The van der Waals surface area contributed by atoms with Gasteiger partial charge in [-0.25, -0.2) is 14.8 Å². The monoisotopic (exact) mass is 269 g/mol. The van der Waals surface area contributed by atoms with Crippen LogP contribution in [0.15, 0.2) is 18.5 Å². The molecule has 7 heteroatoms. The second-order valence-corrected chi connectivity index (χ2v) is 4.90. The maximum Gasteiger partial charge on any atom is 0.337 e. The summed E-state index contributed by atoms with van der Waals surface area (Å²) in [4.78, 5) is 19.8. The number of hydrogen-bond donors (Lipinski definition) is 2. The van der Waals surface area contributed by atoms with Crippen LogP contribution in [0.4, 0.5) is 10.9 Å². The summed E-state index contributed by atoms with van der Waals surface area (Å²) in [7, 11) is 0. The highest BCUT2D eigenvalue weighted by molar-refractivity contribution is 7.15. The minimum atomic E-state index is -1.06. The Morgan fingerprint density at radius 2 is 2.24 bits per heavy atom. The topological polar surface area (TPSA) is 75.1 Å². The first-order chi connectivity index (χ1) is 8.06. The molecule has 88 valence electrons. The van der Waals surface area contributed by atoms with E-state index in [1.807, 2.05) is 6.92 Å². The summed E-state index contributed by atoms with van der Waals surface area (Å²) < 4.78 is 0. The summed E-state index contributed by atoms with van der Waals surface area (Å²) in [5.41, 5.74) is 0.0517. The molecule has 5 nitrogen and oxygen atoms in total. The quantitative estimate of drug-likeness (QED) is 0.896. The number of halogens is 1. The van der Waals surface area contributed by atoms with E-state index in [9.17, 15) is 4.79 Å². The molecule has 0 unspecified atom stereocenters. The standard InChI is InChI=1S/C10H8ClN3O2S/c1-5-3-13-10(17-5)14-8-7(11)2-6(4-12-8)9(15)16/h2-4H,1H3,(H,15,16)(H,12,13,14). The molecule has 2 N–H and O–H groups in total. The maximum atomic E-state index is 10.7. The zero-order valence-electron chi connectivity index (χ0n) is 8.77. The number of aromatic carboxylic acids is 1. The second kappa shape index (κ2) is 4.68. The Morgan fingerprint density at radius 3 is 2.76 bits per heavy atom. The lowest BCUT2D eigenvalue weighted by molar-refractivity contribution is 0.0696. The molecule has 0 aliphatic carbocycles. The van der Waals surface area contributed by atoms with Crippen LogP contribution in [0.2, 0.25) is 5.02 Å². The van der Waals surface area contributed by atoms with Gasteiger partial charge >= 0.3 is 5.97 Å². The number of aryl methyl sites for hydroxylation is 1. The normalized spacial score (nSPS) is 10.2. The van der Waals surface area contributed by atoms with Crippen molar-refractivity contribution >= 4 is 39.9 Å². The minimum Gasteiger partial charge on any atom is -0.478 e. The number of nitrogens with one attached hydrogen (secondary N) is 1. The van der Waals surface area contributed by atoms with Gasteiger partial charge in [0.25, 0.3) is 0 Å². The van der Waals surface area contributed by atoms with Gasteiger partial charge in [-0.3, -0.25) is 0 Å². The van der Waals surface area contributed by atoms with Gasteiger partial charge < -0.3 is 10.4 Å². The SMILES string of the molecule is Cc1cnc(Nc2ncc(C(=O)O)cc2Cl)s1. The van der Waals surface area contributed by atoms with Gasteiger partial charge in [-0.15, -0.1) is 11.3 Å². The molecule has 0 aliphatic heterocycles. The molecule has 0 atom stereocenters. The second-order valence-electron chi connectivity index (χ2n) is 3.26. The van der Waals surface area contributed by atoms with Crippen LogP contribution < -0.4 is 5.32 Å². The number of rotatable bonds is 3. The smallest absolute Gasteiger partial charge is 0.337 e. The molecule has 0 amide bonds. The summed E-state index contributed by atoms with van der Waals surface area (Å²) in [6.45, 7) is 1.94. The first-order valence-electron chi connectivity index (χ1n) is 4.64. The Kier molecular flexibility index (Phi) is 3.26. The molecule has 0 spiro atoms. The molecule has 0 saturated carbocycles. The Hall–Kier alpha value is -1.66. The number of anilines is 2. The first-order valence-corrected chi connectivity index (χ1v) is 5.84. The van der Waals surface area contributed by atoms with E-state index in [1.165, 1.54) is 23.6 Å². The molecule has 0 radical (unpaired) electrons. The van der Waals surface area contributed by atoms with Crippen LogP contribution >= 0.6 is 22.9 Å². The third kappa shape index (κ3) is 2.72. The zero-order valence-corrected chi connectivity index (χ0v) is 10.3. The molecular formula is C10H8ClN3O2S. The predicted octanol–water partition coefficient (Wildman–Crippen LogP) is 2.94. The van der Waals surface area contributed by atoms with Crippen molar-refractivity contribution in [2.45, 2.75) is 6.92 Å². The molecule has 0 saturated heterocycles. The van der Waals surface area contributed by atoms with E-state index in [4.69, 9.17) is 16.7 Å². The van der Waals surface area contributed by atoms with E-state index in [1.54, 1.807) is 6.20 Å². The summed E-state index contributed by atoms with van der Waals surface area (Å²) >= 11 is 7.38. The summed E-state index contributed by atoms with van der Waals surface area (Å²) in [5.74, 6) is -0.665. The lowest BCUT2D eigenvalue weighted by atomic mass is 10.3. The van der Waals surface area contributed by atoms with Gasteiger partial charge in [0, 0.05) is 17.3 Å². The van der Waals surface area contributed by atoms with Crippen LogP contribution in [0, 0.1) is 6.92 Å². The van der Waals surface area contributed by atoms with Crippen molar-refractivity contribution in [2.75, 3.05) is 5.32 Å². The third-order valence-electron chi connectivity index (χ3n) is 1.93. The molecule has 2 aromatic rings. The van der Waals surface area contributed by atoms with Crippen molar-refractivity contribution in [3.8, 4) is 0 Å². The average molecular weight is 270 g/mol. The Labute approximate surface area is 106 Å². The highest BCUT2D eigenvalue weighted by Gasteiger charge is 2.09. The molecule has 2 heterocycles. The number of carboxylic acids is 1. The highest BCUT2D eigenvalue weighted by atomic mass is 35.5. The molecule has 2 aromatic heterocycles. The molecule has 0 bridgehead atoms. The van der Waals surface area contributed by atoms with E-state index in [2.05, 4.69) is 15.3 Å². The van der Waals surface area contributed by atoms with Gasteiger partial charge in [0.2, 0.25) is 0 Å². The van der Waals surface area contributed by atoms with E-state index in [-0.39, 0.29) is 10.6 Å². The van der Waals surface area contributed by atoms with Crippen LogP contribution in [0.3, 0.4) is 0 Å². The number of aromatic nitrogens is 2. The fourth-order valence-corrected chi connectivity index (χ4v) is 2.04. The van der Waals surface area contributed by atoms with Crippen LogP contribution in [0.5, 0.6) is 0 Å². The molecule has 0 aromatic carbocycles. The van der Waals surface area contributed by atoms with Gasteiger partial charge in [-0.05, 0) is 13.0 Å². The first kappa shape index (κ1) is 11.8. The fraction of sp³-hybridized carbons (Fsp3) is 0.100. The van der Waals surface area contributed by atoms with Gasteiger partial charge in [0.15, 0.2) is 10.9 Å². The number of pyridine rings is 1. The minimum absolute atomic E-state index is 0.0517. The molecule has 17 heavy (non-hydrogen) atoms. The van der Waals surface area contributed by atoms with E-state index >= 15 is 0 Å². The summed E-state index contributed by atoms with van der Waals surface area (Å²) in [6, 6.07) is 1.35. The number of carboxylic acid groups (broad SMARTS) is 1. The van der Waals surface area contributed by atoms with Crippen molar-refractivity contribution in [3.05, 3.63) is 33.9 Å². The molecule has 2 rings (SSSR count). The van der Waals surface area contributed by atoms with Crippen LogP contribution in [-0.2, 0) is 0 Å². The molecular weight excluding hydrogens is 262 g/mol. The van der Waals surface area contributed by atoms with Crippen molar-refractivity contribution in [1.82, 2.24) is 9.97 Å². The summed E-state index contributed by atoms with van der Waals surface area (Å²) in [6.07, 6.45) is 2.98. The van der Waals surface area contributed by atoms with Crippen molar-refractivity contribution in [2.24, 2.45) is 0 Å². The Morgan fingerprint density at radius 1 is 1.47 bits per heavy atom.